The molecule has 0 radical (unpaired) electrons. The summed E-state index contributed by atoms with van der Waals surface area (Å²) < 4.78 is 26.0. The topological polar surface area (TPSA) is 17.1 Å². The van der Waals surface area contributed by atoms with E-state index in [1.807, 2.05) is 13.8 Å². The summed E-state index contributed by atoms with van der Waals surface area (Å²) in [5, 5.41) is 0. The minimum Gasteiger partial charge on any atom is -0.299 e. The van der Waals surface area contributed by atoms with Gasteiger partial charge in [-0.15, -0.1) is 0 Å². The molecule has 18 heavy (non-hydrogen) atoms. The molecule has 0 saturated heterocycles. The smallest absolute Gasteiger partial charge is 0.140 e. The zero-order valence-corrected chi connectivity index (χ0v) is 11.0. The number of carbonyl (C=O) groups excluding carboxylic acids is 1. The lowest BCUT2D eigenvalue weighted by molar-refractivity contribution is -0.122. The molecular weight excluding hydrogens is 234 g/mol. The number of halogens is 2. The van der Waals surface area contributed by atoms with E-state index in [2.05, 4.69) is 0 Å². The van der Waals surface area contributed by atoms with Crippen LogP contribution >= 0.6 is 0 Å². The molecule has 0 heterocycles. The summed E-state index contributed by atoms with van der Waals surface area (Å²) in [4.78, 5) is 12.1. The van der Waals surface area contributed by atoms with Crippen molar-refractivity contribution in [2.75, 3.05) is 0 Å². The fraction of sp³-hybridized carbons (Fsp3) is 0.533. The first kappa shape index (κ1) is 14.8. The minimum absolute atomic E-state index is 0.0197. The van der Waals surface area contributed by atoms with Crippen LogP contribution in [0.2, 0.25) is 0 Å². The van der Waals surface area contributed by atoms with E-state index in [1.165, 1.54) is 12.1 Å². The monoisotopic (exact) mass is 254 g/mol. The molecule has 0 bridgehead atoms. The summed E-state index contributed by atoms with van der Waals surface area (Å²) >= 11 is 0. The number of hydrogen-bond donors (Lipinski definition) is 0. The van der Waals surface area contributed by atoms with Gasteiger partial charge in [0.15, 0.2) is 0 Å². The molecule has 1 aromatic rings. The van der Waals surface area contributed by atoms with E-state index < -0.39 is 11.6 Å². The Labute approximate surface area is 107 Å². The Morgan fingerprint density at radius 3 is 2.00 bits per heavy atom. The lowest BCUT2D eigenvalue weighted by Crippen LogP contribution is -2.17. The number of Topliss-reactive ketones (excluding diaryl/α,β-unsaturated/α-hetero) is 1. The van der Waals surface area contributed by atoms with Crippen LogP contribution in [-0.2, 0) is 11.2 Å². The first-order valence-electron chi connectivity index (χ1n) is 6.54. The summed E-state index contributed by atoms with van der Waals surface area (Å²) in [7, 11) is 0. The molecule has 0 N–H and O–H groups in total. The molecule has 0 spiro atoms. The van der Waals surface area contributed by atoms with Gasteiger partial charge in [-0.2, -0.15) is 0 Å². The lowest BCUT2D eigenvalue weighted by Gasteiger charge is -2.14. The highest BCUT2D eigenvalue weighted by atomic mass is 19.1. The normalized spacial score (nSPS) is 10.9. The second-order valence-electron chi connectivity index (χ2n) is 4.70. The van der Waals surface area contributed by atoms with Crippen LogP contribution in [0.4, 0.5) is 8.78 Å². The predicted molar refractivity (Wildman–Crippen MR) is 68.4 cm³/mol. The Hall–Kier alpha value is -1.25. The molecule has 1 rings (SSSR count). The largest absolute Gasteiger partial charge is 0.299 e. The standard InChI is InChI=1S/C15H20F2O/c1-3-5-12(6-4-2)15(18)9-11-7-13(16)10-14(17)8-11/h7-8,10,12H,3-6,9H2,1-2H3. The van der Waals surface area contributed by atoms with Crippen molar-refractivity contribution < 1.29 is 13.6 Å². The second-order valence-corrected chi connectivity index (χ2v) is 4.70. The molecule has 0 aromatic heterocycles. The van der Waals surface area contributed by atoms with Crippen molar-refractivity contribution >= 4 is 5.78 Å². The van der Waals surface area contributed by atoms with Gasteiger partial charge in [-0.1, -0.05) is 26.7 Å². The fourth-order valence-electron chi connectivity index (χ4n) is 2.22. The number of rotatable bonds is 7. The zero-order chi connectivity index (χ0) is 13.5. The van der Waals surface area contributed by atoms with E-state index in [-0.39, 0.29) is 18.1 Å². The van der Waals surface area contributed by atoms with Gasteiger partial charge in [0.25, 0.3) is 0 Å². The number of hydrogen-bond acceptors (Lipinski definition) is 1. The molecule has 0 saturated carbocycles. The zero-order valence-electron chi connectivity index (χ0n) is 11.0. The SMILES string of the molecule is CCCC(CCC)C(=O)Cc1cc(F)cc(F)c1. The van der Waals surface area contributed by atoms with Gasteiger partial charge in [-0.25, -0.2) is 8.78 Å². The number of ketones is 1. The first-order chi connectivity index (χ1) is 8.56. The van der Waals surface area contributed by atoms with E-state index in [0.717, 1.165) is 31.7 Å². The Balaban J connectivity index is 2.72. The molecule has 0 aliphatic heterocycles. The van der Waals surface area contributed by atoms with Crippen LogP contribution in [0.1, 0.15) is 45.1 Å². The van der Waals surface area contributed by atoms with Crippen molar-refractivity contribution in [3.8, 4) is 0 Å². The quantitative estimate of drug-likeness (QED) is 0.709. The number of benzene rings is 1. The van der Waals surface area contributed by atoms with Crippen molar-refractivity contribution in [2.24, 2.45) is 5.92 Å². The Morgan fingerprint density at radius 1 is 1.06 bits per heavy atom. The van der Waals surface area contributed by atoms with Gasteiger partial charge in [0.1, 0.15) is 17.4 Å². The van der Waals surface area contributed by atoms with Crippen molar-refractivity contribution in [1.29, 1.82) is 0 Å². The molecule has 0 unspecified atom stereocenters. The summed E-state index contributed by atoms with van der Waals surface area (Å²) in [5.74, 6) is -1.14. The lowest BCUT2D eigenvalue weighted by atomic mass is 9.90. The highest BCUT2D eigenvalue weighted by Gasteiger charge is 2.17. The molecule has 0 amide bonds. The summed E-state index contributed by atoms with van der Waals surface area (Å²) in [6.45, 7) is 4.08. The van der Waals surface area contributed by atoms with Gasteiger partial charge in [0, 0.05) is 18.4 Å². The van der Waals surface area contributed by atoms with Crippen LogP contribution in [0.3, 0.4) is 0 Å². The van der Waals surface area contributed by atoms with Gasteiger partial charge >= 0.3 is 0 Å². The van der Waals surface area contributed by atoms with Gasteiger partial charge in [0.05, 0.1) is 0 Å². The van der Waals surface area contributed by atoms with Crippen LogP contribution in [0, 0.1) is 17.6 Å². The maximum absolute atomic E-state index is 13.0. The Bertz CT molecular complexity index is 375. The van der Waals surface area contributed by atoms with Gasteiger partial charge in [-0.05, 0) is 30.5 Å². The van der Waals surface area contributed by atoms with Gasteiger partial charge in [-0.3, -0.25) is 4.79 Å². The van der Waals surface area contributed by atoms with Crippen LogP contribution in [0.25, 0.3) is 0 Å². The molecule has 3 heteroatoms. The highest BCUT2D eigenvalue weighted by Crippen LogP contribution is 2.18. The highest BCUT2D eigenvalue weighted by molar-refractivity contribution is 5.83. The maximum Gasteiger partial charge on any atom is 0.140 e. The molecule has 1 aromatic carbocycles. The molecule has 1 nitrogen and oxygen atoms in total. The van der Waals surface area contributed by atoms with E-state index in [9.17, 15) is 13.6 Å². The summed E-state index contributed by atoms with van der Waals surface area (Å²) in [6, 6.07) is 3.29. The van der Waals surface area contributed by atoms with Crippen LogP contribution < -0.4 is 0 Å². The molecule has 0 atom stereocenters. The molecule has 0 aliphatic rings. The van der Waals surface area contributed by atoms with Crippen LogP contribution in [-0.4, -0.2) is 5.78 Å². The predicted octanol–water partition coefficient (Wildman–Crippen LogP) is 4.29. The third-order valence-corrected chi connectivity index (χ3v) is 3.03. The molecule has 0 aliphatic carbocycles. The summed E-state index contributed by atoms with van der Waals surface area (Å²) in [6.07, 6.45) is 3.73. The van der Waals surface area contributed by atoms with Crippen molar-refractivity contribution in [3.05, 3.63) is 35.4 Å². The van der Waals surface area contributed by atoms with Gasteiger partial charge in [0.2, 0.25) is 0 Å². The maximum atomic E-state index is 13.0. The van der Waals surface area contributed by atoms with Crippen molar-refractivity contribution in [3.63, 3.8) is 0 Å². The fourth-order valence-corrected chi connectivity index (χ4v) is 2.22. The van der Waals surface area contributed by atoms with E-state index in [1.54, 1.807) is 0 Å². The Morgan fingerprint density at radius 2 is 1.56 bits per heavy atom. The van der Waals surface area contributed by atoms with Crippen molar-refractivity contribution in [2.45, 2.75) is 46.0 Å². The Kier molecular flexibility index (Phi) is 5.96. The van der Waals surface area contributed by atoms with E-state index >= 15 is 0 Å². The van der Waals surface area contributed by atoms with E-state index in [0.29, 0.717) is 5.56 Å². The van der Waals surface area contributed by atoms with Crippen LogP contribution in [0.15, 0.2) is 18.2 Å². The van der Waals surface area contributed by atoms with Crippen LogP contribution in [0.5, 0.6) is 0 Å². The molecule has 0 fully saturated rings. The summed E-state index contributed by atoms with van der Waals surface area (Å²) in [5.41, 5.74) is 0.426. The van der Waals surface area contributed by atoms with Gasteiger partial charge < -0.3 is 0 Å². The van der Waals surface area contributed by atoms with Crippen molar-refractivity contribution in [1.82, 2.24) is 0 Å². The third-order valence-electron chi connectivity index (χ3n) is 3.03. The minimum atomic E-state index is -0.625. The molecular formula is C15H20F2O. The molecule has 100 valence electrons. The second kappa shape index (κ2) is 7.24. The average Bonchev–Trinajstić information content (AvgIpc) is 2.27. The van der Waals surface area contributed by atoms with E-state index in [4.69, 9.17) is 0 Å². The number of carbonyl (C=O) groups is 1. The average molecular weight is 254 g/mol. The first-order valence-corrected chi connectivity index (χ1v) is 6.54. The third kappa shape index (κ3) is 4.55.